The van der Waals surface area contributed by atoms with Crippen LogP contribution in [0.3, 0.4) is 0 Å². The SMILES string of the molecule is C=CCC1(C(=O)OCCCCCC)CC=CC=C1C(=O)OCC1CO1. The Morgan fingerprint density at radius 2 is 2.16 bits per heavy atom. The fourth-order valence-corrected chi connectivity index (χ4v) is 2.93. The largest absolute Gasteiger partial charge is 0.465 e. The highest BCUT2D eigenvalue weighted by Crippen LogP contribution is 2.41. The molecule has 0 spiro atoms. The maximum Gasteiger partial charge on any atom is 0.335 e. The topological polar surface area (TPSA) is 65.1 Å². The monoisotopic (exact) mass is 348 g/mol. The molecular weight excluding hydrogens is 320 g/mol. The van der Waals surface area contributed by atoms with E-state index in [4.69, 9.17) is 14.2 Å². The van der Waals surface area contributed by atoms with E-state index in [1.807, 2.05) is 6.08 Å². The number of epoxide rings is 1. The van der Waals surface area contributed by atoms with Gasteiger partial charge in [-0.15, -0.1) is 6.58 Å². The molecule has 5 heteroatoms. The van der Waals surface area contributed by atoms with E-state index in [0.717, 1.165) is 25.7 Å². The highest BCUT2D eigenvalue weighted by Gasteiger charge is 2.46. The van der Waals surface area contributed by atoms with Crippen molar-refractivity contribution >= 4 is 11.9 Å². The van der Waals surface area contributed by atoms with E-state index < -0.39 is 11.4 Å². The summed E-state index contributed by atoms with van der Waals surface area (Å²) in [6, 6.07) is 0. The van der Waals surface area contributed by atoms with E-state index in [1.54, 1.807) is 18.2 Å². The molecule has 0 bridgehead atoms. The molecular formula is C20H28O5. The molecule has 2 aliphatic rings. The lowest BCUT2D eigenvalue weighted by Gasteiger charge is -2.32. The van der Waals surface area contributed by atoms with Gasteiger partial charge in [0.15, 0.2) is 0 Å². The van der Waals surface area contributed by atoms with Gasteiger partial charge in [0.1, 0.15) is 18.1 Å². The van der Waals surface area contributed by atoms with Gasteiger partial charge in [-0.1, -0.05) is 50.5 Å². The van der Waals surface area contributed by atoms with Crippen LogP contribution in [0.2, 0.25) is 0 Å². The first kappa shape index (κ1) is 19.4. The van der Waals surface area contributed by atoms with E-state index in [-0.39, 0.29) is 18.7 Å². The summed E-state index contributed by atoms with van der Waals surface area (Å²) in [5, 5.41) is 0. The van der Waals surface area contributed by atoms with Crippen LogP contribution in [-0.2, 0) is 23.8 Å². The third-order valence-electron chi connectivity index (χ3n) is 4.52. The number of hydrogen-bond acceptors (Lipinski definition) is 5. The number of allylic oxidation sites excluding steroid dienone is 4. The molecule has 2 rings (SSSR count). The first-order valence-electron chi connectivity index (χ1n) is 9.08. The van der Waals surface area contributed by atoms with Gasteiger partial charge in [-0.25, -0.2) is 4.79 Å². The summed E-state index contributed by atoms with van der Waals surface area (Å²) < 4.78 is 15.9. The molecule has 0 amide bonds. The lowest BCUT2D eigenvalue weighted by Crippen LogP contribution is -2.39. The normalized spacial score (nSPS) is 24.4. The summed E-state index contributed by atoms with van der Waals surface area (Å²) >= 11 is 0. The van der Waals surface area contributed by atoms with Gasteiger partial charge >= 0.3 is 11.9 Å². The van der Waals surface area contributed by atoms with Crippen LogP contribution in [0.4, 0.5) is 0 Å². The predicted molar refractivity (Wildman–Crippen MR) is 94.9 cm³/mol. The van der Waals surface area contributed by atoms with Crippen LogP contribution >= 0.6 is 0 Å². The molecule has 0 N–H and O–H groups in total. The van der Waals surface area contributed by atoms with E-state index >= 15 is 0 Å². The third kappa shape index (κ3) is 5.30. The van der Waals surface area contributed by atoms with Crippen LogP contribution in [0.1, 0.15) is 45.4 Å². The first-order chi connectivity index (χ1) is 12.1. The van der Waals surface area contributed by atoms with Gasteiger partial charge < -0.3 is 14.2 Å². The summed E-state index contributed by atoms with van der Waals surface area (Å²) in [6.07, 6.45) is 11.8. The highest BCUT2D eigenvalue weighted by molar-refractivity contribution is 5.99. The zero-order chi connectivity index (χ0) is 18.1. The number of unbranched alkanes of at least 4 members (excludes halogenated alkanes) is 3. The smallest absolute Gasteiger partial charge is 0.335 e. The zero-order valence-corrected chi connectivity index (χ0v) is 15.0. The Bertz CT molecular complexity index is 540. The molecule has 25 heavy (non-hydrogen) atoms. The van der Waals surface area contributed by atoms with Gasteiger partial charge in [-0.05, 0) is 19.3 Å². The quantitative estimate of drug-likeness (QED) is 0.247. The first-order valence-corrected chi connectivity index (χ1v) is 9.08. The highest BCUT2D eigenvalue weighted by atomic mass is 16.6. The Morgan fingerprint density at radius 3 is 2.84 bits per heavy atom. The van der Waals surface area contributed by atoms with Gasteiger partial charge in [0.2, 0.25) is 0 Å². The molecule has 138 valence electrons. The molecule has 0 aromatic carbocycles. The Labute approximate surface area is 149 Å². The van der Waals surface area contributed by atoms with Crippen LogP contribution in [0.25, 0.3) is 0 Å². The Hall–Kier alpha value is -1.88. The average Bonchev–Trinajstić information content (AvgIpc) is 3.44. The van der Waals surface area contributed by atoms with Crippen LogP contribution in [0, 0.1) is 5.41 Å². The zero-order valence-electron chi connectivity index (χ0n) is 15.0. The molecule has 0 aromatic heterocycles. The minimum atomic E-state index is -1.04. The summed E-state index contributed by atoms with van der Waals surface area (Å²) in [4.78, 5) is 25.3. The molecule has 1 aliphatic carbocycles. The third-order valence-corrected chi connectivity index (χ3v) is 4.52. The van der Waals surface area contributed by atoms with Crippen molar-refractivity contribution in [1.29, 1.82) is 0 Å². The molecule has 0 aromatic rings. The number of rotatable bonds is 11. The van der Waals surface area contributed by atoms with Crippen LogP contribution in [-0.4, -0.2) is 37.9 Å². The van der Waals surface area contributed by atoms with E-state index in [0.29, 0.717) is 31.6 Å². The van der Waals surface area contributed by atoms with Gasteiger partial charge in [-0.3, -0.25) is 4.79 Å². The van der Waals surface area contributed by atoms with E-state index in [2.05, 4.69) is 13.5 Å². The van der Waals surface area contributed by atoms with E-state index in [9.17, 15) is 9.59 Å². The van der Waals surface area contributed by atoms with Gasteiger partial charge in [0.05, 0.1) is 18.8 Å². The number of carbonyl (C=O) groups excluding carboxylic acids is 2. The Morgan fingerprint density at radius 1 is 1.36 bits per heavy atom. The van der Waals surface area contributed by atoms with Crippen molar-refractivity contribution in [2.45, 2.75) is 51.6 Å². The molecule has 1 saturated heterocycles. The number of carbonyl (C=O) groups is 2. The van der Waals surface area contributed by atoms with Crippen molar-refractivity contribution in [1.82, 2.24) is 0 Å². The van der Waals surface area contributed by atoms with Crippen molar-refractivity contribution in [3.63, 3.8) is 0 Å². The van der Waals surface area contributed by atoms with Gasteiger partial charge in [-0.2, -0.15) is 0 Å². The number of esters is 2. The number of ether oxygens (including phenoxy) is 3. The second-order valence-electron chi connectivity index (χ2n) is 6.54. The van der Waals surface area contributed by atoms with Crippen molar-refractivity contribution in [3.05, 3.63) is 36.5 Å². The van der Waals surface area contributed by atoms with Crippen LogP contribution in [0.15, 0.2) is 36.5 Å². The molecule has 5 nitrogen and oxygen atoms in total. The molecule has 1 heterocycles. The Balaban J connectivity index is 2.03. The Kier molecular flexibility index (Phi) is 7.44. The molecule has 0 saturated carbocycles. The predicted octanol–water partition coefficient (Wildman–Crippen LogP) is 3.50. The molecule has 1 aliphatic heterocycles. The average molecular weight is 348 g/mol. The lowest BCUT2D eigenvalue weighted by atomic mass is 9.72. The molecule has 2 unspecified atom stereocenters. The van der Waals surface area contributed by atoms with Crippen LogP contribution < -0.4 is 0 Å². The summed E-state index contributed by atoms with van der Waals surface area (Å²) in [7, 11) is 0. The van der Waals surface area contributed by atoms with Crippen LogP contribution in [0.5, 0.6) is 0 Å². The van der Waals surface area contributed by atoms with Crippen molar-refractivity contribution in [2.75, 3.05) is 19.8 Å². The molecule has 0 radical (unpaired) electrons. The molecule has 1 fully saturated rings. The lowest BCUT2D eigenvalue weighted by molar-refractivity contribution is -0.157. The van der Waals surface area contributed by atoms with E-state index in [1.165, 1.54) is 0 Å². The number of hydrogen-bond donors (Lipinski definition) is 0. The minimum Gasteiger partial charge on any atom is -0.465 e. The second-order valence-corrected chi connectivity index (χ2v) is 6.54. The standard InChI is InChI=1S/C20H28O5/c1-3-5-6-9-13-23-19(22)20(11-4-2)12-8-7-10-17(20)18(21)25-15-16-14-24-16/h4,7-8,10,16H,2-3,5-6,9,11-15H2,1H3. The van der Waals surface area contributed by atoms with Crippen molar-refractivity contribution in [3.8, 4) is 0 Å². The molecule has 2 atom stereocenters. The van der Waals surface area contributed by atoms with Crippen molar-refractivity contribution in [2.24, 2.45) is 5.41 Å². The maximum absolute atomic E-state index is 12.8. The fourth-order valence-electron chi connectivity index (χ4n) is 2.93. The summed E-state index contributed by atoms with van der Waals surface area (Å²) in [5.41, 5.74) is -0.697. The van der Waals surface area contributed by atoms with Gasteiger partial charge in [0.25, 0.3) is 0 Å². The fraction of sp³-hybridized carbons (Fsp3) is 0.600. The van der Waals surface area contributed by atoms with Gasteiger partial charge in [0, 0.05) is 0 Å². The minimum absolute atomic E-state index is 0.0111. The summed E-state index contributed by atoms with van der Waals surface area (Å²) in [5.74, 6) is -0.858. The summed E-state index contributed by atoms with van der Waals surface area (Å²) in [6.45, 7) is 7.09. The maximum atomic E-state index is 12.8. The van der Waals surface area contributed by atoms with Crippen molar-refractivity contribution < 1.29 is 23.8 Å². The second kappa shape index (κ2) is 9.56.